The van der Waals surface area contributed by atoms with Crippen molar-refractivity contribution in [1.82, 2.24) is 5.32 Å². The highest BCUT2D eigenvalue weighted by Gasteiger charge is 2.31. The molecule has 1 aliphatic carbocycles. The maximum absolute atomic E-state index is 11.1. The lowest BCUT2D eigenvalue weighted by Gasteiger charge is -2.39. The Morgan fingerprint density at radius 2 is 1.88 bits per heavy atom. The summed E-state index contributed by atoms with van der Waals surface area (Å²) in [4.78, 5) is 11.1. The second-order valence-corrected chi connectivity index (χ2v) is 5.62. The normalized spacial score (nSPS) is 26.5. The fourth-order valence-electron chi connectivity index (χ4n) is 2.58. The second-order valence-electron chi connectivity index (χ2n) is 5.62. The lowest BCUT2D eigenvalue weighted by atomic mass is 9.69. The van der Waals surface area contributed by atoms with Gasteiger partial charge in [-0.1, -0.05) is 27.2 Å². The van der Waals surface area contributed by atoms with Crippen molar-refractivity contribution in [3.8, 4) is 0 Å². The second kappa shape index (κ2) is 5.67. The van der Waals surface area contributed by atoms with Gasteiger partial charge in [-0.15, -0.1) is 0 Å². The summed E-state index contributed by atoms with van der Waals surface area (Å²) in [5.74, 6) is 0.540. The van der Waals surface area contributed by atoms with Gasteiger partial charge in [0.15, 0.2) is 0 Å². The molecule has 0 aromatic carbocycles. The average Bonchev–Trinajstić information content (AvgIpc) is 2.29. The molecule has 0 spiro atoms. The van der Waals surface area contributed by atoms with Crippen molar-refractivity contribution >= 4 is 5.91 Å². The zero-order valence-corrected chi connectivity index (χ0v) is 10.8. The number of nitrogens with one attached hydrogen (secondary N) is 1. The number of rotatable bonds is 4. The van der Waals surface area contributed by atoms with E-state index in [1.165, 1.54) is 19.3 Å². The maximum Gasteiger partial charge on any atom is 0.245 e. The molecule has 3 heteroatoms. The zero-order chi connectivity index (χ0) is 12.2. The first-order chi connectivity index (χ1) is 7.49. The van der Waals surface area contributed by atoms with Gasteiger partial charge in [-0.2, -0.15) is 0 Å². The van der Waals surface area contributed by atoms with Crippen LogP contribution in [0.4, 0.5) is 0 Å². The molecule has 0 heterocycles. The standard InChI is InChI=1S/C13H25NO2/c1-4-13(2,3)10-5-7-11(8-6-10)14-12(16)9-15/h10-11,15H,4-9H2,1-3H3,(H,14,16). The van der Waals surface area contributed by atoms with E-state index >= 15 is 0 Å². The minimum absolute atomic E-state index is 0.238. The van der Waals surface area contributed by atoms with Gasteiger partial charge < -0.3 is 10.4 Å². The summed E-state index contributed by atoms with van der Waals surface area (Å²) in [7, 11) is 0. The largest absolute Gasteiger partial charge is 0.387 e. The Bertz CT molecular complexity index is 230. The van der Waals surface area contributed by atoms with Crippen LogP contribution in [0.1, 0.15) is 52.9 Å². The summed E-state index contributed by atoms with van der Waals surface area (Å²) >= 11 is 0. The molecule has 0 radical (unpaired) electrons. The minimum atomic E-state index is -0.389. The van der Waals surface area contributed by atoms with Crippen molar-refractivity contribution in [3.63, 3.8) is 0 Å². The van der Waals surface area contributed by atoms with E-state index < -0.39 is 0 Å². The molecule has 0 bridgehead atoms. The van der Waals surface area contributed by atoms with E-state index in [0.29, 0.717) is 5.41 Å². The molecule has 0 unspecified atom stereocenters. The molecular formula is C13H25NO2. The van der Waals surface area contributed by atoms with Gasteiger partial charge in [0.2, 0.25) is 5.91 Å². The topological polar surface area (TPSA) is 49.3 Å². The Hall–Kier alpha value is -0.570. The molecule has 94 valence electrons. The fourth-order valence-corrected chi connectivity index (χ4v) is 2.58. The molecule has 0 atom stereocenters. The van der Waals surface area contributed by atoms with Crippen LogP contribution in [0.25, 0.3) is 0 Å². The molecule has 0 aromatic rings. The molecular weight excluding hydrogens is 202 g/mol. The van der Waals surface area contributed by atoms with Crippen LogP contribution < -0.4 is 5.32 Å². The summed E-state index contributed by atoms with van der Waals surface area (Å²) in [6.07, 6.45) is 5.71. The lowest BCUT2D eigenvalue weighted by molar-refractivity contribution is -0.124. The summed E-state index contributed by atoms with van der Waals surface area (Å²) in [6.45, 7) is 6.54. The molecule has 0 saturated heterocycles. The van der Waals surface area contributed by atoms with E-state index in [9.17, 15) is 4.79 Å². The first-order valence-corrected chi connectivity index (χ1v) is 6.39. The average molecular weight is 227 g/mol. The smallest absolute Gasteiger partial charge is 0.245 e. The van der Waals surface area contributed by atoms with Gasteiger partial charge in [-0.25, -0.2) is 0 Å². The molecule has 3 nitrogen and oxygen atoms in total. The van der Waals surface area contributed by atoms with Crippen LogP contribution in [0.15, 0.2) is 0 Å². The van der Waals surface area contributed by atoms with E-state index in [2.05, 4.69) is 26.1 Å². The van der Waals surface area contributed by atoms with E-state index in [0.717, 1.165) is 18.8 Å². The Balaban J connectivity index is 2.37. The van der Waals surface area contributed by atoms with Gasteiger partial charge in [-0.05, 0) is 37.0 Å². The first kappa shape index (κ1) is 13.5. The van der Waals surface area contributed by atoms with Gasteiger partial charge in [0, 0.05) is 6.04 Å². The highest BCUT2D eigenvalue weighted by molar-refractivity contribution is 5.77. The summed E-state index contributed by atoms with van der Waals surface area (Å²) in [5, 5.41) is 11.5. The number of carbonyl (C=O) groups excluding carboxylic acids is 1. The zero-order valence-electron chi connectivity index (χ0n) is 10.8. The first-order valence-electron chi connectivity index (χ1n) is 6.39. The number of aliphatic hydroxyl groups excluding tert-OH is 1. The Kier molecular flexibility index (Phi) is 4.78. The number of hydrogen-bond acceptors (Lipinski definition) is 2. The van der Waals surface area contributed by atoms with Gasteiger partial charge in [0.05, 0.1) is 0 Å². The molecule has 16 heavy (non-hydrogen) atoms. The van der Waals surface area contributed by atoms with Crippen molar-refractivity contribution in [2.24, 2.45) is 11.3 Å². The monoisotopic (exact) mass is 227 g/mol. The Labute approximate surface area is 98.6 Å². The van der Waals surface area contributed by atoms with E-state index in [1.807, 2.05) is 0 Å². The third kappa shape index (κ3) is 3.48. The predicted octanol–water partition coefficient (Wildman–Crippen LogP) is 2.09. The summed E-state index contributed by atoms with van der Waals surface area (Å²) in [6, 6.07) is 0.281. The molecule has 1 amide bonds. The van der Waals surface area contributed by atoms with Crippen LogP contribution in [0.5, 0.6) is 0 Å². The summed E-state index contributed by atoms with van der Waals surface area (Å²) in [5.41, 5.74) is 0.423. The molecule has 0 aliphatic heterocycles. The van der Waals surface area contributed by atoms with E-state index in [1.54, 1.807) is 0 Å². The van der Waals surface area contributed by atoms with Crippen LogP contribution >= 0.6 is 0 Å². The van der Waals surface area contributed by atoms with Gasteiger partial charge >= 0.3 is 0 Å². The van der Waals surface area contributed by atoms with Crippen molar-refractivity contribution in [2.75, 3.05) is 6.61 Å². The van der Waals surface area contributed by atoms with E-state index in [4.69, 9.17) is 5.11 Å². The van der Waals surface area contributed by atoms with E-state index in [-0.39, 0.29) is 18.6 Å². The molecule has 2 N–H and O–H groups in total. The highest BCUT2D eigenvalue weighted by Crippen LogP contribution is 2.40. The van der Waals surface area contributed by atoms with Crippen LogP contribution in [0, 0.1) is 11.3 Å². The summed E-state index contributed by atoms with van der Waals surface area (Å²) < 4.78 is 0. The molecule has 1 fully saturated rings. The van der Waals surface area contributed by atoms with Crippen LogP contribution in [0.2, 0.25) is 0 Å². The molecule has 1 saturated carbocycles. The number of carbonyl (C=O) groups is 1. The minimum Gasteiger partial charge on any atom is -0.387 e. The molecule has 0 aromatic heterocycles. The fraction of sp³-hybridized carbons (Fsp3) is 0.923. The highest BCUT2D eigenvalue weighted by atomic mass is 16.3. The van der Waals surface area contributed by atoms with Crippen molar-refractivity contribution in [2.45, 2.75) is 58.9 Å². The lowest BCUT2D eigenvalue weighted by Crippen LogP contribution is -2.40. The number of hydrogen-bond donors (Lipinski definition) is 2. The predicted molar refractivity (Wildman–Crippen MR) is 65.0 cm³/mol. The number of aliphatic hydroxyl groups is 1. The Morgan fingerprint density at radius 1 is 1.31 bits per heavy atom. The van der Waals surface area contributed by atoms with Crippen LogP contribution in [-0.2, 0) is 4.79 Å². The van der Waals surface area contributed by atoms with Gasteiger partial charge in [0.25, 0.3) is 0 Å². The van der Waals surface area contributed by atoms with Crippen molar-refractivity contribution in [1.29, 1.82) is 0 Å². The third-order valence-corrected chi connectivity index (χ3v) is 4.25. The maximum atomic E-state index is 11.1. The van der Waals surface area contributed by atoms with Gasteiger partial charge in [0.1, 0.15) is 6.61 Å². The van der Waals surface area contributed by atoms with Crippen LogP contribution in [0.3, 0.4) is 0 Å². The molecule has 1 aliphatic rings. The van der Waals surface area contributed by atoms with Crippen molar-refractivity contribution < 1.29 is 9.90 Å². The van der Waals surface area contributed by atoms with Crippen LogP contribution in [-0.4, -0.2) is 23.7 Å². The Morgan fingerprint density at radius 3 is 2.31 bits per heavy atom. The third-order valence-electron chi connectivity index (χ3n) is 4.25. The van der Waals surface area contributed by atoms with Crippen molar-refractivity contribution in [3.05, 3.63) is 0 Å². The quantitative estimate of drug-likeness (QED) is 0.772. The molecule has 1 rings (SSSR count). The number of amides is 1. The SMILES string of the molecule is CCC(C)(C)C1CCC(NC(=O)CO)CC1. The van der Waals surface area contributed by atoms with Gasteiger partial charge in [-0.3, -0.25) is 4.79 Å².